The van der Waals surface area contributed by atoms with Gasteiger partial charge in [-0.15, -0.1) is 0 Å². The average molecular weight is 332 g/mol. The lowest BCUT2D eigenvalue weighted by Crippen LogP contribution is -2.20. The van der Waals surface area contributed by atoms with Gasteiger partial charge in [-0.2, -0.15) is 0 Å². The SMILES string of the molecule is Cc1cc(N2CC[C@H](c3ccc(C(=O)O)cc3)C2)nc2ccccc12. The zero-order chi connectivity index (χ0) is 17.4. The maximum atomic E-state index is 11.0. The summed E-state index contributed by atoms with van der Waals surface area (Å²) in [5, 5.41) is 10.2. The predicted octanol–water partition coefficient (Wildman–Crippen LogP) is 4.24. The van der Waals surface area contributed by atoms with Crippen LogP contribution < -0.4 is 4.90 Å². The Bertz CT molecular complexity index is 934. The fourth-order valence-corrected chi connectivity index (χ4v) is 3.63. The summed E-state index contributed by atoms with van der Waals surface area (Å²) in [5.41, 5.74) is 3.82. The summed E-state index contributed by atoms with van der Waals surface area (Å²) < 4.78 is 0. The highest BCUT2D eigenvalue weighted by molar-refractivity contribution is 5.87. The molecule has 4 heteroatoms. The van der Waals surface area contributed by atoms with Gasteiger partial charge >= 0.3 is 5.97 Å². The first-order valence-electron chi connectivity index (χ1n) is 8.56. The Labute approximate surface area is 146 Å². The van der Waals surface area contributed by atoms with Crippen LogP contribution in [0.25, 0.3) is 10.9 Å². The van der Waals surface area contributed by atoms with Crippen molar-refractivity contribution in [2.75, 3.05) is 18.0 Å². The van der Waals surface area contributed by atoms with Crippen molar-refractivity contribution in [2.45, 2.75) is 19.3 Å². The predicted molar refractivity (Wildman–Crippen MR) is 99.5 cm³/mol. The van der Waals surface area contributed by atoms with Crippen molar-refractivity contribution in [1.82, 2.24) is 4.98 Å². The number of rotatable bonds is 3. The fourth-order valence-electron chi connectivity index (χ4n) is 3.63. The van der Waals surface area contributed by atoms with Gasteiger partial charge in [-0.1, -0.05) is 30.3 Å². The van der Waals surface area contributed by atoms with Crippen LogP contribution in [-0.4, -0.2) is 29.1 Å². The molecule has 0 spiro atoms. The van der Waals surface area contributed by atoms with Crippen LogP contribution in [0.5, 0.6) is 0 Å². The van der Waals surface area contributed by atoms with Gasteiger partial charge in [0, 0.05) is 24.4 Å². The molecular formula is C21H20N2O2. The van der Waals surface area contributed by atoms with E-state index in [4.69, 9.17) is 10.1 Å². The van der Waals surface area contributed by atoms with Gasteiger partial charge in [0.1, 0.15) is 5.82 Å². The van der Waals surface area contributed by atoms with Crippen LogP contribution in [0.1, 0.15) is 33.8 Å². The highest BCUT2D eigenvalue weighted by Gasteiger charge is 2.25. The van der Waals surface area contributed by atoms with E-state index < -0.39 is 5.97 Å². The zero-order valence-electron chi connectivity index (χ0n) is 14.1. The number of fused-ring (bicyclic) bond motifs is 1. The Kier molecular flexibility index (Phi) is 3.88. The Morgan fingerprint density at radius 3 is 2.68 bits per heavy atom. The number of carboxylic acids is 1. The zero-order valence-corrected chi connectivity index (χ0v) is 14.1. The largest absolute Gasteiger partial charge is 0.478 e. The number of pyridine rings is 1. The monoisotopic (exact) mass is 332 g/mol. The summed E-state index contributed by atoms with van der Waals surface area (Å²) in [6.45, 7) is 4.01. The van der Waals surface area contributed by atoms with Crippen LogP contribution in [0.15, 0.2) is 54.6 Å². The van der Waals surface area contributed by atoms with E-state index in [0.717, 1.165) is 30.8 Å². The molecule has 2 aromatic carbocycles. The van der Waals surface area contributed by atoms with Crippen molar-refractivity contribution in [1.29, 1.82) is 0 Å². The number of benzene rings is 2. The topological polar surface area (TPSA) is 53.4 Å². The van der Waals surface area contributed by atoms with Gasteiger partial charge in [0.05, 0.1) is 11.1 Å². The summed E-state index contributed by atoms with van der Waals surface area (Å²) in [6, 6.07) is 17.7. The number of aryl methyl sites for hydroxylation is 1. The van der Waals surface area contributed by atoms with E-state index in [1.807, 2.05) is 24.3 Å². The highest BCUT2D eigenvalue weighted by Crippen LogP contribution is 2.31. The molecule has 4 nitrogen and oxygen atoms in total. The molecule has 1 N–H and O–H groups in total. The van der Waals surface area contributed by atoms with Gasteiger partial charge in [0.15, 0.2) is 0 Å². The third-order valence-corrected chi connectivity index (χ3v) is 5.05. The van der Waals surface area contributed by atoms with Crippen LogP contribution >= 0.6 is 0 Å². The second-order valence-corrected chi connectivity index (χ2v) is 6.67. The highest BCUT2D eigenvalue weighted by atomic mass is 16.4. The Hall–Kier alpha value is -2.88. The van der Waals surface area contributed by atoms with E-state index in [0.29, 0.717) is 11.5 Å². The standard InChI is InChI=1S/C21H20N2O2/c1-14-12-20(22-19-5-3-2-4-18(14)19)23-11-10-17(13-23)15-6-8-16(9-7-15)21(24)25/h2-9,12,17H,10-11,13H2,1H3,(H,24,25)/t17-/m0/s1. The molecule has 126 valence electrons. The maximum absolute atomic E-state index is 11.0. The van der Waals surface area contributed by atoms with E-state index in [1.54, 1.807) is 12.1 Å². The van der Waals surface area contributed by atoms with Crippen LogP contribution in [0.2, 0.25) is 0 Å². The van der Waals surface area contributed by atoms with Gasteiger partial charge in [-0.3, -0.25) is 0 Å². The van der Waals surface area contributed by atoms with E-state index >= 15 is 0 Å². The molecule has 0 saturated carbocycles. The van der Waals surface area contributed by atoms with E-state index in [-0.39, 0.29) is 0 Å². The number of hydrogen-bond acceptors (Lipinski definition) is 3. The van der Waals surface area contributed by atoms with E-state index in [1.165, 1.54) is 16.5 Å². The summed E-state index contributed by atoms with van der Waals surface area (Å²) in [4.78, 5) is 18.2. The van der Waals surface area contributed by atoms with Crippen molar-refractivity contribution in [3.05, 3.63) is 71.3 Å². The van der Waals surface area contributed by atoms with Gasteiger partial charge in [0.2, 0.25) is 0 Å². The molecule has 1 atom stereocenters. The molecule has 1 aliphatic rings. The molecule has 0 radical (unpaired) electrons. The maximum Gasteiger partial charge on any atom is 0.335 e. The van der Waals surface area contributed by atoms with Gasteiger partial charge in [-0.05, 0) is 48.7 Å². The van der Waals surface area contributed by atoms with E-state index in [2.05, 4.69) is 30.0 Å². The van der Waals surface area contributed by atoms with Crippen molar-refractivity contribution >= 4 is 22.7 Å². The van der Waals surface area contributed by atoms with Gasteiger partial charge in [-0.25, -0.2) is 9.78 Å². The minimum absolute atomic E-state index is 0.338. The lowest BCUT2D eigenvalue weighted by atomic mass is 9.97. The van der Waals surface area contributed by atoms with Crippen molar-refractivity contribution in [2.24, 2.45) is 0 Å². The molecular weight excluding hydrogens is 312 g/mol. The molecule has 0 aliphatic carbocycles. The molecule has 0 amide bonds. The smallest absolute Gasteiger partial charge is 0.335 e. The lowest BCUT2D eigenvalue weighted by molar-refractivity contribution is 0.0697. The number of aromatic carboxylic acids is 1. The Balaban J connectivity index is 1.57. The molecule has 25 heavy (non-hydrogen) atoms. The molecule has 4 rings (SSSR count). The Morgan fingerprint density at radius 1 is 1.16 bits per heavy atom. The summed E-state index contributed by atoms with van der Waals surface area (Å²) in [7, 11) is 0. The lowest BCUT2D eigenvalue weighted by Gasteiger charge is -2.19. The number of anilines is 1. The first kappa shape index (κ1) is 15.6. The molecule has 1 saturated heterocycles. The average Bonchev–Trinajstić information content (AvgIpc) is 3.12. The normalized spacial score (nSPS) is 17.2. The number of aromatic nitrogens is 1. The number of para-hydroxylation sites is 1. The van der Waals surface area contributed by atoms with Crippen LogP contribution in [-0.2, 0) is 0 Å². The van der Waals surface area contributed by atoms with Crippen LogP contribution in [0.3, 0.4) is 0 Å². The first-order chi connectivity index (χ1) is 12.1. The quantitative estimate of drug-likeness (QED) is 0.779. The molecule has 3 aromatic rings. The number of hydrogen-bond donors (Lipinski definition) is 1. The van der Waals surface area contributed by atoms with Crippen molar-refractivity contribution in [3.8, 4) is 0 Å². The van der Waals surface area contributed by atoms with Crippen molar-refractivity contribution < 1.29 is 9.90 Å². The number of carbonyl (C=O) groups is 1. The molecule has 2 heterocycles. The fraction of sp³-hybridized carbons (Fsp3) is 0.238. The second-order valence-electron chi connectivity index (χ2n) is 6.67. The molecule has 1 aliphatic heterocycles. The minimum Gasteiger partial charge on any atom is -0.478 e. The number of carboxylic acid groups (broad SMARTS) is 1. The number of nitrogens with zero attached hydrogens (tertiary/aromatic N) is 2. The summed E-state index contributed by atoms with van der Waals surface area (Å²) in [5.74, 6) is 0.563. The second kappa shape index (κ2) is 6.20. The molecule has 0 unspecified atom stereocenters. The third-order valence-electron chi connectivity index (χ3n) is 5.05. The minimum atomic E-state index is -0.879. The Morgan fingerprint density at radius 2 is 1.92 bits per heavy atom. The molecule has 1 aromatic heterocycles. The van der Waals surface area contributed by atoms with Gasteiger partial charge in [0.25, 0.3) is 0 Å². The summed E-state index contributed by atoms with van der Waals surface area (Å²) >= 11 is 0. The molecule has 1 fully saturated rings. The van der Waals surface area contributed by atoms with E-state index in [9.17, 15) is 4.79 Å². The summed E-state index contributed by atoms with van der Waals surface area (Å²) in [6.07, 6.45) is 1.06. The third kappa shape index (κ3) is 2.95. The van der Waals surface area contributed by atoms with Gasteiger partial charge < -0.3 is 10.0 Å². The van der Waals surface area contributed by atoms with Crippen molar-refractivity contribution in [3.63, 3.8) is 0 Å². The first-order valence-corrected chi connectivity index (χ1v) is 8.56. The molecule has 0 bridgehead atoms. The van der Waals surface area contributed by atoms with Crippen LogP contribution in [0.4, 0.5) is 5.82 Å². The van der Waals surface area contributed by atoms with Crippen LogP contribution in [0, 0.1) is 6.92 Å².